The maximum atomic E-state index is 9.89. The Hall–Kier alpha value is -0.570. The lowest BCUT2D eigenvalue weighted by Gasteiger charge is -2.25. The van der Waals surface area contributed by atoms with E-state index in [1.807, 2.05) is 0 Å². The van der Waals surface area contributed by atoms with Crippen LogP contribution in [-0.2, 0) is 9.53 Å². The molecule has 3 heteroatoms. The van der Waals surface area contributed by atoms with Crippen LogP contribution in [0.3, 0.4) is 0 Å². The molecule has 0 unspecified atom stereocenters. The summed E-state index contributed by atoms with van der Waals surface area (Å²) in [5.74, 6) is 0. The van der Waals surface area contributed by atoms with Crippen molar-refractivity contribution < 1.29 is 14.6 Å². The molecule has 1 fully saturated rings. The molecule has 2 atom stereocenters. The predicted octanol–water partition coefficient (Wildman–Crippen LogP) is 0.463. The van der Waals surface area contributed by atoms with Gasteiger partial charge in [0.25, 0.3) is 6.47 Å². The van der Waals surface area contributed by atoms with Gasteiger partial charge in [0.2, 0.25) is 0 Å². The minimum Gasteiger partial charge on any atom is -0.462 e. The van der Waals surface area contributed by atoms with E-state index in [4.69, 9.17) is 0 Å². The van der Waals surface area contributed by atoms with Gasteiger partial charge < -0.3 is 9.84 Å². The lowest BCUT2D eigenvalue weighted by atomic mass is 9.95. The molecule has 0 radical (unpaired) electrons. The third kappa shape index (κ3) is 1.70. The molecule has 1 saturated carbocycles. The van der Waals surface area contributed by atoms with Gasteiger partial charge in [0.15, 0.2) is 0 Å². The Labute approximate surface area is 60.0 Å². The highest BCUT2D eigenvalue weighted by Gasteiger charge is 2.23. The highest BCUT2D eigenvalue weighted by molar-refractivity contribution is 5.37. The van der Waals surface area contributed by atoms with E-state index in [9.17, 15) is 9.90 Å². The van der Waals surface area contributed by atoms with Crippen molar-refractivity contribution in [1.82, 2.24) is 0 Å². The second kappa shape index (κ2) is 3.56. The summed E-state index contributed by atoms with van der Waals surface area (Å²) in [4.78, 5) is 9.89. The van der Waals surface area contributed by atoms with Crippen LogP contribution < -0.4 is 0 Å². The minimum absolute atomic E-state index is 0.244. The highest BCUT2D eigenvalue weighted by atomic mass is 16.5. The maximum absolute atomic E-state index is 9.89. The molecule has 0 amide bonds. The third-order valence-electron chi connectivity index (χ3n) is 1.90. The molecule has 0 aromatic carbocycles. The number of carbonyl (C=O) groups is 1. The Morgan fingerprint density at radius 3 is 2.70 bits per heavy atom. The number of aliphatic hydroxyl groups excluding tert-OH is 1. The molecule has 10 heavy (non-hydrogen) atoms. The number of aliphatic hydroxyl groups is 1. The van der Waals surface area contributed by atoms with Gasteiger partial charge >= 0.3 is 0 Å². The Morgan fingerprint density at radius 2 is 2.10 bits per heavy atom. The van der Waals surface area contributed by atoms with E-state index in [0.29, 0.717) is 6.47 Å². The summed E-state index contributed by atoms with van der Waals surface area (Å²) in [5.41, 5.74) is 0. The third-order valence-corrected chi connectivity index (χ3v) is 1.90. The molecular weight excluding hydrogens is 132 g/mol. The van der Waals surface area contributed by atoms with Crippen molar-refractivity contribution in [2.75, 3.05) is 0 Å². The summed E-state index contributed by atoms with van der Waals surface area (Å²) < 4.78 is 4.66. The average Bonchev–Trinajstić information content (AvgIpc) is 1.94. The molecule has 0 aromatic rings. The molecule has 0 saturated heterocycles. The molecule has 1 rings (SSSR count). The molecule has 1 aliphatic carbocycles. The second-order valence-corrected chi connectivity index (χ2v) is 2.62. The zero-order valence-corrected chi connectivity index (χ0v) is 5.82. The van der Waals surface area contributed by atoms with Crippen LogP contribution in [0.4, 0.5) is 0 Å². The van der Waals surface area contributed by atoms with Gasteiger partial charge in [-0.3, -0.25) is 4.79 Å². The van der Waals surface area contributed by atoms with Gasteiger partial charge in [0.1, 0.15) is 6.10 Å². The second-order valence-electron chi connectivity index (χ2n) is 2.62. The fourth-order valence-electron chi connectivity index (χ4n) is 1.31. The first-order valence-electron chi connectivity index (χ1n) is 3.62. The fraction of sp³-hybridized carbons (Fsp3) is 0.857. The van der Waals surface area contributed by atoms with Crippen LogP contribution in [0.5, 0.6) is 0 Å². The van der Waals surface area contributed by atoms with E-state index >= 15 is 0 Å². The Bertz CT molecular complexity index is 113. The Balaban J connectivity index is 2.32. The van der Waals surface area contributed by atoms with Crippen molar-refractivity contribution in [3.8, 4) is 0 Å². The monoisotopic (exact) mass is 144 g/mol. The SMILES string of the molecule is O=CO[C@@H]1CCCC[C@H]1O. The van der Waals surface area contributed by atoms with Crippen molar-refractivity contribution in [1.29, 1.82) is 0 Å². The van der Waals surface area contributed by atoms with Gasteiger partial charge in [-0.05, 0) is 19.3 Å². The van der Waals surface area contributed by atoms with Crippen LogP contribution in [0.2, 0.25) is 0 Å². The lowest BCUT2D eigenvalue weighted by molar-refractivity contribution is -0.141. The van der Waals surface area contributed by atoms with Crippen LogP contribution in [0, 0.1) is 0 Å². The van der Waals surface area contributed by atoms with Crippen molar-refractivity contribution >= 4 is 6.47 Å². The Morgan fingerprint density at radius 1 is 1.40 bits per heavy atom. The van der Waals surface area contributed by atoms with Crippen LogP contribution in [0.15, 0.2) is 0 Å². The first-order chi connectivity index (χ1) is 4.84. The van der Waals surface area contributed by atoms with E-state index in [-0.39, 0.29) is 6.10 Å². The van der Waals surface area contributed by atoms with E-state index in [2.05, 4.69) is 4.74 Å². The fourth-order valence-corrected chi connectivity index (χ4v) is 1.31. The van der Waals surface area contributed by atoms with Crippen LogP contribution in [0.25, 0.3) is 0 Å². The summed E-state index contributed by atoms with van der Waals surface area (Å²) in [5, 5.41) is 9.22. The summed E-state index contributed by atoms with van der Waals surface area (Å²) in [6.07, 6.45) is 2.98. The van der Waals surface area contributed by atoms with Crippen molar-refractivity contribution in [2.45, 2.75) is 37.9 Å². The smallest absolute Gasteiger partial charge is 0.293 e. The van der Waals surface area contributed by atoms with E-state index in [0.717, 1.165) is 25.7 Å². The molecule has 1 aliphatic rings. The maximum Gasteiger partial charge on any atom is 0.293 e. The van der Waals surface area contributed by atoms with Gasteiger partial charge in [-0.25, -0.2) is 0 Å². The van der Waals surface area contributed by atoms with Gasteiger partial charge in [-0.2, -0.15) is 0 Å². The molecule has 0 spiro atoms. The predicted molar refractivity (Wildman–Crippen MR) is 35.4 cm³/mol. The van der Waals surface area contributed by atoms with Gasteiger partial charge in [0, 0.05) is 0 Å². The molecular formula is C7H12O3. The summed E-state index contributed by atoms with van der Waals surface area (Å²) in [7, 11) is 0. The highest BCUT2D eigenvalue weighted by Crippen LogP contribution is 2.20. The first kappa shape index (κ1) is 7.54. The van der Waals surface area contributed by atoms with Crippen molar-refractivity contribution in [3.63, 3.8) is 0 Å². The first-order valence-corrected chi connectivity index (χ1v) is 3.62. The lowest BCUT2D eigenvalue weighted by Crippen LogP contribution is -2.31. The summed E-state index contributed by atoms with van der Waals surface area (Å²) in [6.45, 7) is 0.416. The molecule has 58 valence electrons. The van der Waals surface area contributed by atoms with Gasteiger partial charge in [0.05, 0.1) is 6.10 Å². The quantitative estimate of drug-likeness (QED) is 0.573. The Kier molecular flexibility index (Phi) is 2.68. The number of hydrogen-bond donors (Lipinski definition) is 1. The largest absolute Gasteiger partial charge is 0.462 e. The molecule has 3 nitrogen and oxygen atoms in total. The molecule has 0 heterocycles. The van der Waals surface area contributed by atoms with E-state index in [1.165, 1.54) is 0 Å². The zero-order chi connectivity index (χ0) is 7.40. The molecule has 0 aromatic heterocycles. The minimum atomic E-state index is -0.432. The zero-order valence-electron chi connectivity index (χ0n) is 5.82. The van der Waals surface area contributed by atoms with Crippen LogP contribution in [-0.4, -0.2) is 23.8 Å². The van der Waals surface area contributed by atoms with E-state index in [1.54, 1.807) is 0 Å². The summed E-state index contributed by atoms with van der Waals surface area (Å²) in [6, 6.07) is 0. The van der Waals surface area contributed by atoms with E-state index < -0.39 is 6.10 Å². The number of carbonyl (C=O) groups excluding carboxylic acids is 1. The number of ether oxygens (including phenoxy) is 1. The van der Waals surface area contributed by atoms with Crippen LogP contribution in [0.1, 0.15) is 25.7 Å². The topological polar surface area (TPSA) is 46.5 Å². The molecule has 1 N–H and O–H groups in total. The van der Waals surface area contributed by atoms with Crippen molar-refractivity contribution in [3.05, 3.63) is 0 Å². The number of rotatable bonds is 2. The van der Waals surface area contributed by atoms with Crippen molar-refractivity contribution in [2.24, 2.45) is 0 Å². The normalized spacial score (nSPS) is 33.3. The van der Waals surface area contributed by atoms with Gasteiger partial charge in [-0.1, -0.05) is 6.42 Å². The summed E-state index contributed by atoms with van der Waals surface area (Å²) >= 11 is 0. The van der Waals surface area contributed by atoms with Gasteiger partial charge in [-0.15, -0.1) is 0 Å². The molecule has 0 aliphatic heterocycles. The standard InChI is InChI=1S/C7H12O3/c8-5-10-7-4-2-1-3-6(7)9/h5-7,9H,1-4H2/t6-,7-/m1/s1. The number of hydrogen-bond acceptors (Lipinski definition) is 3. The molecule has 0 bridgehead atoms. The average molecular weight is 144 g/mol. The van der Waals surface area contributed by atoms with Crippen LogP contribution >= 0.6 is 0 Å².